The molecule has 2 aliphatic heterocycles. The quantitative estimate of drug-likeness (QED) is 0.181. The van der Waals surface area contributed by atoms with E-state index in [1.165, 1.54) is 0 Å². The fourth-order valence-corrected chi connectivity index (χ4v) is 4.80. The van der Waals surface area contributed by atoms with Gasteiger partial charge in [0, 0.05) is 55.4 Å². The Balaban J connectivity index is 2.81. The third kappa shape index (κ3) is 11.4. The normalized spacial score (nSPS) is 30.0. The molecule has 0 saturated carbocycles. The maximum absolute atomic E-state index is 12.4. The summed E-state index contributed by atoms with van der Waals surface area (Å²) in [7, 11) is 0. The highest BCUT2D eigenvalue weighted by Crippen LogP contribution is 2.38. The number of carbonyl (C=O) groups excluding carboxylic acids is 8. The van der Waals surface area contributed by atoms with Crippen LogP contribution in [-0.2, 0) is 90.5 Å². The van der Waals surface area contributed by atoms with Crippen LogP contribution in [0.25, 0.3) is 0 Å². The Hall–Kier alpha value is -4.36. The summed E-state index contributed by atoms with van der Waals surface area (Å²) in [6.45, 7) is 6.08. The van der Waals surface area contributed by atoms with Gasteiger partial charge in [-0.3, -0.25) is 38.4 Å². The Labute approximate surface area is 268 Å². The van der Waals surface area contributed by atoms with Crippen LogP contribution in [0, 0.1) is 0 Å². The van der Waals surface area contributed by atoms with Crippen molar-refractivity contribution in [1.82, 2.24) is 0 Å². The van der Waals surface area contributed by atoms with Gasteiger partial charge in [-0.1, -0.05) is 0 Å². The van der Waals surface area contributed by atoms with Gasteiger partial charge in [0.2, 0.25) is 0 Å². The average molecular weight is 679 g/mol. The first-order chi connectivity index (χ1) is 21.8. The second kappa shape index (κ2) is 17.0. The molecular formula is C28H38O19. The standard InChI is InChI=1S/C28H38O19/c1-12(29)37-9-20-22(41-15(4)32)24(43-17(6)34)25(44-18(7)35)27(45-20)46-26-23(42-16(5)33)21(40-14(3)31)10-39-28(26,47-19(8)36)11-38-13(2)30/h20-27H,9-11H2,1-8H3. The molecule has 2 heterocycles. The van der Waals surface area contributed by atoms with Crippen LogP contribution in [0.5, 0.6) is 0 Å². The Kier molecular flexibility index (Phi) is 14.0. The van der Waals surface area contributed by atoms with E-state index in [0.717, 1.165) is 55.4 Å². The van der Waals surface area contributed by atoms with Crippen LogP contribution < -0.4 is 0 Å². The van der Waals surface area contributed by atoms with Crippen LogP contribution in [0.2, 0.25) is 0 Å². The monoisotopic (exact) mass is 678 g/mol. The van der Waals surface area contributed by atoms with Crippen molar-refractivity contribution < 1.29 is 90.5 Å². The second-order valence-corrected chi connectivity index (χ2v) is 10.3. The Morgan fingerprint density at radius 1 is 0.574 bits per heavy atom. The van der Waals surface area contributed by atoms with Crippen LogP contribution in [0.3, 0.4) is 0 Å². The van der Waals surface area contributed by atoms with Gasteiger partial charge in [0.15, 0.2) is 49.5 Å². The third-order valence-electron chi connectivity index (χ3n) is 6.23. The minimum absolute atomic E-state index is 0.579. The zero-order valence-electron chi connectivity index (χ0n) is 27.0. The molecule has 0 aromatic heterocycles. The number of ether oxygens (including phenoxy) is 11. The van der Waals surface area contributed by atoms with Crippen LogP contribution >= 0.6 is 0 Å². The molecule has 0 bridgehead atoms. The van der Waals surface area contributed by atoms with Crippen molar-refractivity contribution in [1.29, 1.82) is 0 Å². The van der Waals surface area contributed by atoms with Gasteiger partial charge in [0.05, 0.1) is 6.61 Å². The summed E-state index contributed by atoms with van der Waals surface area (Å²) < 4.78 is 60.4. The lowest BCUT2D eigenvalue weighted by Gasteiger charge is -2.50. The molecule has 0 aromatic carbocycles. The molecule has 0 aromatic rings. The van der Waals surface area contributed by atoms with Crippen molar-refractivity contribution in [3.63, 3.8) is 0 Å². The van der Waals surface area contributed by atoms with Gasteiger partial charge in [-0.25, -0.2) is 0 Å². The van der Waals surface area contributed by atoms with Gasteiger partial charge < -0.3 is 52.1 Å². The molecule has 264 valence electrons. The lowest BCUT2D eigenvalue weighted by atomic mass is 9.94. The summed E-state index contributed by atoms with van der Waals surface area (Å²) in [6, 6.07) is 0. The molecule has 0 N–H and O–H groups in total. The van der Waals surface area contributed by atoms with E-state index in [9.17, 15) is 38.4 Å². The molecule has 9 atom stereocenters. The summed E-state index contributed by atoms with van der Waals surface area (Å²) in [4.78, 5) is 96.8. The first kappa shape index (κ1) is 38.8. The predicted molar refractivity (Wildman–Crippen MR) is 145 cm³/mol. The zero-order chi connectivity index (χ0) is 35.6. The van der Waals surface area contributed by atoms with Crippen molar-refractivity contribution in [3.05, 3.63) is 0 Å². The summed E-state index contributed by atoms with van der Waals surface area (Å²) in [6.07, 6.45) is -13.5. The van der Waals surface area contributed by atoms with E-state index in [0.29, 0.717) is 0 Å². The third-order valence-corrected chi connectivity index (χ3v) is 6.23. The summed E-state index contributed by atoms with van der Waals surface area (Å²) in [5, 5.41) is 0. The lowest BCUT2D eigenvalue weighted by molar-refractivity contribution is -0.387. The largest absolute Gasteiger partial charge is 0.463 e. The van der Waals surface area contributed by atoms with Gasteiger partial charge in [-0.2, -0.15) is 0 Å². The van der Waals surface area contributed by atoms with Gasteiger partial charge in [-0.15, -0.1) is 0 Å². The number of rotatable bonds is 12. The average Bonchev–Trinajstić information content (AvgIpc) is 2.91. The number of esters is 8. The lowest BCUT2D eigenvalue weighted by Crippen LogP contribution is -2.70. The Morgan fingerprint density at radius 2 is 1.06 bits per heavy atom. The van der Waals surface area contributed by atoms with E-state index < -0.39 is 122 Å². The highest BCUT2D eigenvalue weighted by atomic mass is 16.8. The van der Waals surface area contributed by atoms with E-state index in [2.05, 4.69) is 0 Å². The molecule has 0 aliphatic carbocycles. The van der Waals surface area contributed by atoms with E-state index in [4.69, 9.17) is 52.1 Å². The van der Waals surface area contributed by atoms with Crippen molar-refractivity contribution in [2.75, 3.05) is 19.8 Å². The van der Waals surface area contributed by atoms with E-state index >= 15 is 0 Å². The maximum Gasteiger partial charge on any atom is 0.305 e. The molecule has 19 heteroatoms. The first-order valence-corrected chi connectivity index (χ1v) is 14.1. The van der Waals surface area contributed by atoms with E-state index in [-0.39, 0.29) is 0 Å². The fourth-order valence-electron chi connectivity index (χ4n) is 4.80. The molecule has 19 nitrogen and oxygen atoms in total. The molecule has 0 radical (unpaired) electrons. The van der Waals surface area contributed by atoms with Crippen molar-refractivity contribution in [2.45, 2.75) is 110 Å². The summed E-state index contributed by atoms with van der Waals surface area (Å²) in [5.41, 5.74) is 0. The maximum atomic E-state index is 12.4. The molecule has 2 aliphatic rings. The Bertz CT molecular complexity index is 1210. The zero-order valence-corrected chi connectivity index (χ0v) is 27.0. The minimum atomic E-state index is -2.44. The molecule has 47 heavy (non-hydrogen) atoms. The number of hydrogen-bond acceptors (Lipinski definition) is 19. The first-order valence-electron chi connectivity index (χ1n) is 14.1. The Morgan fingerprint density at radius 3 is 1.55 bits per heavy atom. The van der Waals surface area contributed by atoms with Crippen LogP contribution in [0.15, 0.2) is 0 Å². The van der Waals surface area contributed by atoms with Crippen LogP contribution in [0.4, 0.5) is 0 Å². The number of hydrogen-bond donors (Lipinski definition) is 0. The van der Waals surface area contributed by atoms with E-state index in [1.54, 1.807) is 0 Å². The van der Waals surface area contributed by atoms with E-state index in [1.807, 2.05) is 0 Å². The predicted octanol–water partition coefficient (Wildman–Crippen LogP) is -0.829. The molecule has 9 unspecified atom stereocenters. The van der Waals surface area contributed by atoms with Gasteiger partial charge in [0.25, 0.3) is 5.79 Å². The molecule has 0 spiro atoms. The van der Waals surface area contributed by atoms with Crippen LogP contribution in [0.1, 0.15) is 55.4 Å². The molecule has 0 amide bonds. The van der Waals surface area contributed by atoms with Gasteiger partial charge >= 0.3 is 47.8 Å². The molecule has 2 rings (SSSR count). The summed E-state index contributed by atoms with van der Waals surface area (Å²) >= 11 is 0. The van der Waals surface area contributed by atoms with Gasteiger partial charge in [0.1, 0.15) is 12.7 Å². The van der Waals surface area contributed by atoms with Gasteiger partial charge in [-0.05, 0) is 0 Å². The van der Waals surface area contributed by atoms with Crippen molar-refractivity contribution >= 4 is 47.8 Å². The molecular weight excluding hydrogens is 640 g/mol. The van der Waals surface area contributed by atoms with Crippen LogP contribution in [-0.4, -0.2) is 122 Å². The topological polar surface area (TPSA) is 238 Å². The van der Waals surface area contributed by atoms with Crippen molar-refractivity contribution in [3.8, 4) is 0 Å². The van der Waals surface area contributed by atoms with Crippen molar-refractivity contribution in [2.24, 2.45) is 0 Å². The SMILES string of the molecule is CC(=O)OCC1OC(OC2C(OC(C)=O)C(OC(C)=O)COC2(COC(C)=O)OC(C)=O)C(OC(C)=O)C(OC(C)=O)C1OC(C)=O. The molecule has 2 fully saturated rings. The summed E-state index contributed by atoms with van der Waals surface area (Å²) in [5.74, 6) is -9.66. The highest BCUT2D eigenvalue weighted by Gasteiger charge is 2.62. The fraction of sp³-hybridized carbons (Fsp3) is 0.714. The smallest absolute Gasteiger partial charge is 0.305 e. The second-order valence-electron chi connectivity index (χ2n) is 10.3. The number of carbonyl (C=O) groups is 8. The molecule has 2 saturated heterocycles. The minimum Gasteiger partial charge on any atom is -0.463 e. The highest BCUT2D eigenvalue weighted by molar-refractivity contribution is 5.70.